The standard InChI is InChI=1S/C16H21FN2O/c17-14-6-5-12(9-15(14)18)16(20)19-8-7-11-3-1-2-4-13(11)10-19/h5-6,9,11,13H,1-4,7-8,10,18H2. The molecule has 0 aromatic heterocycles. The molecule has 1 aromatic carbocycles. The number of likely N-dealkylation sites (tertiary alicyclic amines) is 1. The minimum absolute atomic E-state index is 0.0132. The van der Waals surface area contributed by atoms with Gasteiger partial charge in [-0.25, -0.2) is 4.39 Å². The molecule has 1 amide bonds. The first-order valence-corrected chi connectivity index (χ1v) is 7.49. The molecule has 4 heteroatoms. The number of hydrogen-bond acceptors (Lipinski definition) is 2. The molecule has 0 bridgehead atoms. The van der Waals surface area contributed by atoms with Crippen LogP contribution in [-0.2, 0) is 0 Å². The molecule has 1 saturated heterocycles. The van der Waals surface area contributed by atoms with Gasteiger partial charge in [0.25, 0.3) is 5.91 Å². The van der Waals surface area contributed by atoms with Gasteiger partial charge < -0.3 is 10.6 Å². The Balaban J connectivity index is 1.72. The molecule has 2 fully saturated rings. The molecule has 2 atom stereocenters. The van der Waals surface area contributed by atoms with E-state index in [0.717, 1.165) is 25.4 Å². The highest BCUT2D eigenvalue weighted by Crippen LogP contribution is 2.36. The summed E-state index contributed by atoms with van der Waals surface area (Å²) in [5.41, 5.74) is 6.09. The first-order valence-electron chi connectivity index (χ1n) is 7.49. The zero-order chi connectivity index (χ0) is 14.1. The minimum Gasteiger partial charge on any atom is -0.396 e. The number of hydrogen-bond donors (Lipinski definition) is 1. The van der Waals surface area contributed by atoms with Crippen molar-refractivity contribution in [2.45, 2.75) is 32.1 Å². The van der Waals surface area contributed by atoms with E-state index in [1.165, 1.54) is 43.9 Å². The number of piperidine rings is 1. The van der Waals surface area contributed by atoms with Crippen molar-refractivity contribution in [2.24, 2.45) is 11.8 Å². The van der Waals surface area contributed by atoms with Crippen LogP contribution in [0.4, 0.5) is 10.1 Å². The first kappa shape index (κ1) is 13.4. The molecule has 0 spiro atoms. The number of nitrogens with two attached hydrogens (primary N) is 1. The van der Waals surface area contributed by atoms with Crippen molar-refractivity contribution < 1.29 is 9.18 Å². The number of nitrogens with zero attached hydrogens (tertiary/aromatic N) is 1. The van der Waals surface area contributed by atoms with Crippen molar-refractivity contribution in [3.05, 3.63) is 29.6 Å². The minimum atomic E-state index is -0.465. The number of carbonyl (C=O) groups is 1. The molecule has 3 nitrogen and oxygen atoms in total. The average molecular weight is 276 g/mol. The average Bonchev–Trinajstić information content (AvgIpc) is 2.49. The monoisotopic (exact) mass is 276 g/mol. The molecular weight excluding hydrogens is 255 g/mol. The lowest BCUT2D eigenvalue weighted by Gasteiger charge is -2.41. The number of amides is 1. The smallest absolute Gasteiger partial charge is 0.253 e. The Morgan fingerprint density at radius 2 is 1.95 bits per heavy atom. The van der Waals surface area contributed by atoms with Gasteiger partial charge in [0.05, 0.1) is 5.69 Å². The second-order valence-corrected chi connectivity index (χ2v) is 6.08. The second kappa shape index (κ2) is 5.43. The summed E-state index contributed by atoms with van der Waals surface area (Å²) < 4.78 is 13.2. The lowest BCUT2D eigenvalue weighted by Crippen LogP contribution is -2.44. The van der Waals surface area contributed by atoms with Crippen LogP contribution in [0.15, 0.2) is 18.2 Å². The van der Waals surface area contributed by atoms with E-state index in [4.69, 9.17) is 5.73 Å². The van der Waals surface area contributed by atoms with Crippen molar-refractivity contribution in [3.8, 4) is 0 Å². The van der Waals surface area contributed by atoms with Gasteiger partial charge >= 0.3 is 0 Å². The van der Waals surface area contributed by atoms with Crippen LogP contribution in [0.1, 0.15) is 42.5 Å². The van der Waals surface area contributed by atoms with Gasteiger partial charge in [0.2, 0.25) is 0 Å². The zero-order valence-electron chi connectivity index (χ0n) is 11.6. The molecular formula is C16H21FN2O. The quantitative estimate of drug-likeness (QED) is 0.801. The van der Waals surface area contributed by atoms with E-state index in [0.29, 0.717) is 11.5 Å². The molecule has 3 rings (SSSR count). The number of nitrogen functional groups attached to an aromatic ring is 1. The SMILES string of the molecule is Nc1cc(C(=O)N2CCC3CCCCC3C2)ccc1F. The lowest BCUT2D eigenvalue weighted by atomic mass is 9.75. The summed E-state index contributed by atoms with van der Waals surface area (Å²) in [6, 6.07) is 4.25. The number of anilines is 1. The van der Waals surface area contributed by atoms with Crippen molar-refractivity contribution >= 4 is 11.6 Å². The highest BCUT2D eigenvalue weighted by atomic mass is 19.1. The molecule has 20 heavy (non-hydrogen) atoms. The molecule has 1 heterocycles. The molecule has 2 unspecified atom stereocenters. The van der Waals surface area contributed by atoms with E-state index in [2.05, 4.69) is 0 Å². The number of halogens is 1. The van der Waals surface area contributed by atoms with Crippen LogP contribution in [0.5, 0.6) is 0 Å². The molecule has 108 valence electrons. The predicted molar refractivity (Wildman–Crippen MR) is 76.8 cm³/mol. The number of benzene rings is 1. The van der Waals surface area contributed by atoms with Crippen LogP contribution in [-0.4, -0.2) is 23.9 Å². The van der Waals surface area contributed by atoms with Crippen molar-refractivity contribution in [2.75, 3.05) is 18.8 Å². The Hall–Kier alpha value is -1.58. The van der Waals surface area contributed by atoms with Gasteiger partial charge in [-0.05, 0) is 42.9 Å². The molecule has 0 radical (unpaired) electrons. The highest BCUT2D eigenvalue weighted by Gasteiger charge is 2.33. The van der Waals surface area contributed by atoms with E-state index in [1.54, 1.807) is 0 Å². The van der Waals surface area contributed by atoms with Crippen LogP contribution in [0, 0.1) is 17.7 Å². The number of fused-ring (bicyclic) bond motifs is 1. The molecule has 1 aliphatic carbocycles. The van der Waals surface area contributed by atoms with Gasteiger partial charge in [-0.15, -0.1) is 0 Å². The van der Waals surface area contributed by atoms with E-state index in [1.807, 2.05) is 4.90 Å². The first-order chi connectivity index (χ1) is 9.65. The van der Waals surface area contributed by atoms with Crippen LogP contribution in [0.3, 0.4) is 0 Å². The van der Waals surface area contributed by atoms with Crippen molar-refractivity contribution in [1.82, 2.24) is 4.90 Å². The lowest BCUT2D eigenvalue weighted by molar-refractivity contribution is 0.0521. The van der Waals surface area contributed by atoms with Gasteiger partial charge in [0.1, 0.15) is 5.82 Å². The van der Waals surface area contributed by atoms with Crippen LogP contribution in [0.2, 0.25) is 0 Å². The predicted octanol–water partition coefficient (Wildman–Crippen LogP) is 3.06. The Morgan fingerprint density at radius 3 is 2.70 bits per heavy atom. The summed E-state index contributed by atoms with van der Waals surface area (Å²) in [5, 5.41) is 0. The molecule has 2 aliphatic rings. The summed E-state index contributed by atoms with van der Waals surface area (Å²) in [6.07, 6.45) is 6.28. The third kappa shape index (κ3) is 2.51. The molecule has 2 N–H and O–H groups in total. The van der Waals surface area contributed by atoms with Gasteiger partial charge in [-0.2, -0.15) is 0 Å². The van der Waals surface area contributed by atoms with Crippen molar-refractivity contribution in [3.63, 3.8) is 0 Å². The normalized spacial score (nSPS) is 26.1. The maximum atomic E-state index is 13.2. The van der Waals surface area contributed by atoms with Crippen LogP contribution in [0.25, 0.3) is 0 Å². The summed E-state index contributed by atoms with van der Waals surface area (Å²) in [4.78, 5) is 14.4. The fourth-order valence-electron chi connectivity index (χ4n) is 3.64. The van der Waals surface area contributed by atoms with Gasteiger partial charge in [0, 0.05) is 18.7 Å². The fraction of sp³-hybridized carbons (Fsp3) is 0.562. The van der Waals surface area contributed by atoms with Gasteiger partial charge in [-0.3, -0.25) is 4.79 Å². The Labute approximate surface area is 118 Å². The topological polar surface area (TPSA) is 46.3 Å². The van der Waals surface area contributed by atoms with Crippen LogP contribution >= 0.6 is 0 Å². The highest BCUT2D eigenvalue weighted by molar-refractivity contribution is 5.95. The van der Waals surface area contributed by atoms with Gasteiger partial charge in [0.15, 0.2) is 0 Å². The fourth-order valence-corrected chi connectivity index (χ4v) is 3.64. The molecule has 1 aliphatic heterocycles. The Kier molecular flexibility index (Phi) is 3.64. The summed E-state index contributed by atoms with van der Waals surface area (Å²) in [7, 11) is 0. The van der Waals surface area contributed by atoms with E-state index >= 15 is 0 Å². The third-order valence-electron chi connectivity index (χ3n) is 4.82. The van der Waals surface area contributed by atoms with Crippen LogP contribution < -0.4 is 5.73 Å². The Bertz CT molecular complexity index is 517. The third-order valence-corrected chi connectivity index (χ3v) is 4.82. The van der Waals surface area contributed by atoms with E-state index in [-0.39, 0.29) is 11.6 Å². The summed E-state index contributed by atoms with van der Waals surface area (Å²) in [6.45, 7) is 1.66. The Morgan fingerprint density at radius 1 is 1.20 bits per heavy atom. The summed E-state index contributed by atoms with van der Waals surface area (Å²) >= 11 is 0. The zero-order valence-corrected chi connectivity index (χ0v) is 11.6. The number of carbonyl (C=O) groups excluding carboxylic acids is 1. The van der Waals surface area contributed by atoms with E-state index < -0.39 is 5.82 Å². The maximum absolute atomic E-state index is 13.2. The van der Waals surface area contributed by atoms with Crippen molar-refractivity contribution in [1.29, 1.82) is 0 Å². The maximum Gasteiger partial charge on any atom is 0.253 e. The molecule has 1 saturated carbocycles. The molecule has 1 aromatic rings. The second-order valence-electron chi connectivity index (χ2n) is 6.08. The largest absolute Gasteiger partial charge is 0.396 e. The summed E-state index contributed by atoms with van der Waals surface area (Å²) in [5.74, 6) is 0.971. The van der Waals surface area contributed by atoms with Gasteiger partial charge in [-0.1, -0.05) is 19.3 Å². The number of rotatable bonds is 1. The van der Waals surface area contributed by atoms with E-state index in [9.17, 15) is 9.18 Å².